The minimum Gasteiger partial charge on any atom is -0.404 e. The van der Waals surface area contributed by atoms with E-state index in [1.54, 1.807) is 20.8 Å². The quantitative estimate of drug-likeness (QED) is 0.794. The molecule has 2 aromatic heterocycles. The Morgan fingerprint density at radius 2 is 1.96 bits per heavy atom. The Labute approximate surface area is 140 Å². The summed E-state index contributed by atoms with van der Waals surface area (Å²) in [5.74, 6) is 0. The van der Waals surface area contributed by atoms with Crippen molar-refractivity contribution in [1.29, 1.82) is 0 Å². The first-order valence-electron chi connectivity index (χ1n) is 7.19. The molecule has 0 atom stereocenters. The van der Waals surface area contributed by atoms with Gasteiger partial charge in [-0.15, -0.1) is 11.3 Å². The summed E-state index contributed by atoms with van der Waals surface area (Å²) in [4.78, 5) is 26.1. The van der Waals surface area contributed by atoms with Crippen LogP contribution in [0.4, 0.5) is 0 Å². The Hall–Kier alpha value is -1.31. The van der Waals surface area contributed by atoms with Crippen molar-refractivity contribution in [2.24, 2.45) is 0 Å². The number of aryl methyl sites for hydroxylation is 1. The molecule has 0 bridgehead atoms. The summed E-state index contributed by atoms with van der Waals surface area (Å²) in [5.41, 5.74) is -0.332. The lowest BCUT2D eigenvalue weighted by molar-refractivity contribution is 0.186. The number of hydrogen-bond donors (Lipinski definition) is 1. The zero-order chi connectivity index (χ0) is 17.5. The third-order valence-electron chi connectivity index (χ3n) is 3.64. The maximum atomic E-state index is 12.7. The maximum Gasteiger partial charge on any atom is 0.332 e. The first kappa shape index (κ1) is 18.0. The molecule has 0 spiro atoms. The molecule has 0 aliphatic heterocycles. The molecular formula is C14H18B2N2O4S. The number of thiophene rings is 1. The third-order valence-corrected chi connectivity index (χ3v) is 5.10. The van der Waals surface area contributed by atoms with Crippen LogP contribution in [0.2, 0.25) is 0 Å². The second-order valence-corrected chi connectivity index (χ2v) is 6.76. The molecule has 2 rings (SSSR count). The zero-order valence-electron chi connectivity index (χ0n) is 13.6. The molecule has 4 radical (unpaired) electrons. The maximum absolute atomic E-state index is 12.7. The normalized spacial score (nSPS) is 12.4. The summed E-state index contributed by atoms with van der Waals surface area (Å²) in [7, 11) is 12.7. The molecule has 6 nitrogen and oxygen atoms in total. The fourth-order valence-corrected chi connectivity index (χ4v) is 3.82. The van der Waals surface area contributed by atoms with Gasteiger partial charge in [-0.3, -0.25) is 13.9 Å². The van der Waals surface area contributed by atoms with E-state index >= 15 is 0 Å². The van der Waals surface area contributed by atoms with Crippen LogP contribution in [0.15, 0.2) is 9.59 Å². The fraction of sp³-hybridized carbons (Fsp3) is 0.571. The van der Waals surface area contributed by atoms with E-state index < -0.39 is 16.6 Å². The molecule has 2 aromatic rings. The molecule has 0 fully saturated rings. The molecule has 1 N–H and O–H groups in total. The largest absolute Gasteiger partial charge is 0.404 e. The first-order chi connectivity index (χ1) is 10.6. The van der Waals surface area contributed by atoms with Crippen molar-refractivity contribution in [1.82, 2.24) is 9.13 Å². The van der Waals surface area contributed by atoms with Crippen molar-refractivity contribution in [2.45, 2.75) is 38.8 Å². The highest BCUT2D eigenvalue weighted by molar-refractivity contribution is 7.19. The average molecular weight is 332 g/mol. The van der Waals surface area contributed by atoms with Gasteiger partial charge in [-0.05, 0) is 26.3 Å². The van der Waals surface area contributed by atoms with Gasteiger partial charge in [-0.1, -0.05) is 0 Å². The number of aromatic nitrogens is 2. The van der Waals surface area contributed by atoms with Crippen LogP contribution in [-0.2, 0) is 16.7 Å². The van der Waals surface area contributed by atoms with Crippen molar-refractivity contribution in [3.63, 3.8) is 0 Å². The van der Waals surface area contributed by atoms with Crippen molar-refractivity contribution < 1.29 is 9.84 Å². The van der Waals surface area contributed by atoms with E-state index in [0.29, 0.717) is 22.4 Å². The van der Waals surface area contributed by atoms with Crippen molar-refractivity contribution in [3.05, 3.63) is 31.3 Å². The van der Waals surface area contributed by atoms with E-state index in [4.69, 9.17) is 20.4 Å². The van der Waals surface area contributed by atoms with E-state index in [-0.39, 0.29) is 17.5 Å². The Morgan fingerprint density at radius 3 is 2.43 bits per heavy atom. The van der Waals surface area contributed by atoms with E-state index in [9.17, 15) is 14.7 Å². The average Bonchev–Trinajstić information content (AvgIpc) is 2.76. The smallest absolute Gasteiger partial charge is 0.332 e. The topological polar surface area (TPSA) is 73.5 Å². The van der Waals surface area contributed by atoms with E-state index in [2.05, 4.69) is 0 Å². The summed E-state index contributed by atoms with van der Waals surface area (Å²) in [5, 5.41) is 8.21. The van der Waals surface area contributed by atoms with Crippen molar-refractivity contribution >= 4 is 37.2 Å². The van der Waals surface area contributed by atoms with Crippen LogP contribution >= 0.6 is 11.3 Å². The minimum absolute atomic E-state index is 0.261. The predicted molar refractivity (Wildman–Crippen MR) is 92.7 cm³/mol. The van der Waals surface area contributed by atoms with Crippen molar-refractivity contribution in [3.8, 4) is 0 Å². The lowest BCUT2D eigenvalue weighted by Gasteiger charge is -2.17. The predicted octanol–water partition coefficient (Wildman–Crippen LogP) is 0.200. The van der Waals surface area contributed by atoms with Gasteiger partial charge in [-0.2, -0.15) is 0 Å². The Kier molecular flexibility index (Phi) is 4.94. The molecule has 0 saturated carbocycles. The van der Waals surface area contributed by atoms with Gasteiger partial charge in [0.05, 0.1) is 18.5 Å². The van der Waals surface area contributed by atoms with Gasteiger partial charge >= 0.3 is 5.69 Å². The molecular weight excluding hydrogens is 314 g/mol. The second kappa shape index (κ2) is 6.30. The zero-order valence-corrected chi connectivity index (χ0v) is 14.4. The Morgan fingerprint density at radius 1 is 1.35 bits per heavy atom. The van der Waals surface area contributed by atoms with E-state index in [1.807, 2.05) is 0 Å². The number of aliphatic hydroxyl groups is 1. The standard InChI is InChI=1S/C14H18B2N2O4S/c1-7(2)18-11(19)9-8(3)10(14(15,16)21)23-12(9)17(13(18)20)5-6-22-4/h7,21H,5-6H2,1-4H3. The summed E-state index contributed by atoms with van der Waals surface area (Å²) in [6.07, 6.45) is 0. The summed E-state index contributed by atoms with van der Waals surface area (Å²) in [6.45, 7) is 5.79. The second-order valence-electron chi connectivity index (χ2n) is 5.76. The first-order valence-corrected chi connectivity index (χ1v) is 8.00. The highest BCUT2D eigenvalue weighted by atomic mass is 32.1. The number of ether oxygens (including phenoxy) is 1. The Bertz CT molecular complexity index is 846. The van der Waals surface area contributed by atoms with Crippen LogP contribution in [-0.4, -0.2) is 43.6 Å². The van der Waals surface area contributed by atoms with E-state index in [0.717, 1.165) is 11.3 Å². The third kappa shape index (κ3) is 3.05. The molecule has 0 saturated heterocycles. The summed E-state index contributed by atoms with van der Waals surface area (Å²) in [6, 6.07) is -0.300. The molecule has 9 heteroatoms. The molecule has 0 aromatic carbocycles. The van der Waals surface area contributed by atoms with Gasteiger partial charge < -0.3 is 9.84 Å². The lowest BCUT2D eigenvalue weighted by atomic mass is 9.64. The molecule has 2 heterocycles. The summed E-state index contributed by atoms with van der Waals surface area (Å²) < 4.78 is 7.70. The number of nitrogens with zero attached hydrogens (tertiary/aromatic N) is 2. The molecule has 0 amide bonds. The number of fused-ring (bicyclic) bond motifs is 1. The Balaban J connectivity index is 2.97. The minimum atomic E-state index is -2.06. The molecule has 120 valence electrons. The van der Waals surface area contributed by atoms with Gasteiger partial charge in [0.15, 0.2) is 0 Å². The highest BCUT2D eigenvalue weighted by Crippen LogP contribution is 2.33. The van der Waals surface area contributed by atoms with Gasteiger partial charge in [0.1, 0.15) is 20.5 Å². The van der Waals surface area contributed by atoms with Crippen LogP contribution in [0.3, 0.4) is 0 Å². The van der Waals surface area contributed by atoms with Crippen LogP contribution in [0.5, 0.6) is 0 Å². The van der Waals surface area contributed by atoms with Crippen molar-refractivity contribution in [2.75, 3.05) is 13.7 Å². The van der Waals surface area contributed by atoms with Crippen LogP contribution in [0.25, 0.3) is 10.2 Å². The van der Waals surface area contributed by atoms with Crippen LogP contribution in [0.1, 0.15) is 30.3 Å². The van der Waals surface area contributed by atoms with Gasteiger partial charge in [0.2, 0.25) is 0 Å². The number of rotatable bonds is 5. The number of hydrogen-bond acceptors (Lipinski definition) is 5. The molecule has 23 heavy (non-hydrogen) atoms. The summed E-state index contributed by atoms with van der Waals surface area (Å²) >= 11 is 1.05. The fourth-order valence-electron chi connectivity index (χ4n) is 2.58. The van der Waals surface area contributed by atoms with Gasteiger partial charge in [0.25, 0.3) is 5.56 Å². The lowest BCUT2D eigenvalue weighted by Crippen LogP contribution is -2.41. The van der Waals surface area contributed by atoms with Crippen LogP contribution in [0, 0.1) is 6.92 Å². The molecule has 0 unspecified atom stereocenters. The molecule has 0 aliphatic carbocycles. The highest BCUT2D eigenvalue weighted by Gasteiger charge is 2.26. The number of methoxy groups -OCH3 is 1. The SMILES string of the molecule is [B]C([B])(O)c1sc2c(c1C)c(=O)n(C(C)C)c(=O)n2CCOC. The monoisotopic (exact) mass is 332 g/mol. The van der Waals surface area contributed by atoms with Crippen LogP contribution < -0.4 is 11.2 Å². The van der Waals surface area contributed by atoms with E-state index in [1.165, 1.54) is 16.2 Å². The van der Waals surface area contributed by atoms with Gasteiger partial charge in [0, 0.05) is 23.4 Å². The molecule has 0 aliphatic rings. The van der Waals surface area contributed by atoms with Gasteiger partial charge in [-0.25, -0.2) is 4.79 Å².